The van der Waals surface area contributed by atoms with Gasteiger partial charge in [0, 0.05) is 25.7 Å². The molecule has 7 nitrogen and oxygen atoms in total. The van der Waals surface area contributed by atoms with Crippen LogP contribution in [-0.4, -0.2) is 64.2 Å². The Labute approximate surface area is 188 Å². The third-order valence-corrected chi connectivity index (χ3v) is 6.96. The van der Waals surface area contributed by atoms with Crippen LogP contribution < -0.4 is 10.0 Å². The molecule has 0 saturated carbocycles. The second-order valence-corrected chi connectivity index (χ2v) is 11.0. The third-order valence-electron chi connectivity index (χ3n) is 5.47. The molecule has 2 unspecified atom stereocenters. The first kappa shape index (κ1) is 25.8. The second kappa shape index (κ2) is 11.9. The van der Waals surface area contributed by atoms with Crippen LogP contribution in [0.25, 0.3) is 0 Å². The van der Waals surface area contributed by atoms with Crippen molar-refractivity contribution in [3.63, 3.8) is 0 Å². The van der Waals surface area contributed by atoms with Gasteiger partial charge in [0.05, 0.1) is 18.1 Å². The summed E-state index contributed by atoms with van der Waals surface area (Å²) in [6.07, 6.45) is 1.40. The lowest BCUT2D eigenvalue weighted by Gasteiger charge is -2.35. The van der Waals surface area contributed by atoms with Gasteiger partial charge in [0.2, 0.25) is 15.9 Å². The van der Waals surface area contributed by atoms with Crippen LogP contribution in [-0.2, 0) is 19.6 Å². The van der Waals surface area contributed by atoms with Crippen molar-refractivity contribution in [1.29, 1.82) is 0 Å². The Morgan fingerprint density at radius 3 is 2.16 bits per heavy atom. The van der Waals surface area contributed by atoms with Gasteiger partial charge in [0.1, 0.15) is 6.04 Å². The molecule has 0 aliphatic carbocycles. The number of sulfonamides is 1. The highest BCUT2D eigenvalue weighted by Crippen LogP contribution is 2.15. The van der Waals surface area contributed by atoms with Crippen LogP contribution in [0.5, 0.6) is 0 Å². The molecule has 1 aromatic carbocycles. The van der Waals surface area contributed by atoms with Gasteiger partial charge < -0.3 is 10.1 Å². The minimum absolute atomic E-state index is 0.169. The molecular weight excluding hydrogens is 414 g/mol. The fourth-order valence-electron chi connectivity index (χ4n) is 3.84. The summed E-state index contributed by atoms with van der Waals surface area (Å²) in [7, 11) is -3.78. The van der Waals surface area contributed by atoms with Crippen LogP contribution in [0.3, 0.4) is 0 Å². The molecular formula is C23H39N3O4S. The predicted molar refractivity (Wildman–Crippen MR) is 123 cm³/mol. The molecule has 1 amide bonds. The molecule has 2 atom stereocenters. The molecule has 176 valence electrons. The van der Waals surface area contributed by atoms with Gasteiger partial charge in [-0.25, -0.2) is 8.42 Å². The standard InChI is InChI=1S/C23H39N3O4S/c1-17(2)14-20(26-10-12-30-13-11-26)16-24-23(27)22(15-18(3)4)25-31(28,29)21-8-6-19(5)7-9-21/h6-9,17-18,20,22,25H,10-16H2,1-5H3,(H,24,27). The number of rotatable bonds is 11. The normalized spacial score (nSPS) is 17.6. The van der Waals surface area contributed by atoms with Crippen LogP contribution in [0.1, 0.15) is 46.1 Å². The number of amides is 1. The van der Waals surface area contributed by atoms with Gasteiger partial charge in [0.25, 0.3) is 0 Å². The van der Waals surface area contributed by atoms with Crippen molar-refractivity contribution in [1.82, 2.24) is 14.9 Å². The van der Waals surface area contributed by atoms with Crippen molar-refractivity contribution >= 4 is 15.9 Å². The van der Waals surface area contributed by atoms with E-state index in [-0.39, 0.29) is 22.8 Å². The number of benzene rings is 1. The maximum absolute atomic E-state index is 13.0. The molecule has 1 heterocycles. The monoisotopic (exact) mass is 453 g/mol. The fourth-order valence-corrected chi connectivity index (χ4v) is 5.05. The Balaban J connectivity index is 2.07. The number of aryl methyl sites for hydroxylation is 1. The summed E-state index contributed by atoms with van der Waals surface area (Å²) in [4.78, 5) is 15.6. The molecule has 1 aliphatic rings. The molecule has 8 heteroatoms. The average Bonchev–Trinajstić information content (AvgIpc) is 2.70. The lowest BCUT2D eigenvalue weighted by molar-refractivity contribution is -0.123. The van der Waals surface area contributed by atoms with E-state index in [1.165, 1.54) is 0 Å². The number of hydrogen-bond acceptors (Lipinski definition) is 5. The van der Waals surface area contributed by atoms with E-state index in [4.69, 9.17) is 4.74 Å². The first-order chi connectivity index (χ1) is 14.6. The molecule has 1 aliphatic heterocycles. The van der Waals surface area contributed by atoms with Crippen LogP contribution in [0, 0.1) is 18.8 Å². The summed E-state index contributed by atoms with van der Waals surface area (Å²) in [6.45, 7) is 13.8. The van der Waals surface area contributed by atoms with Crippen molar-refractivity contribution in [2.24, 2.45) is 11.8 Å². The zero-order chi connectivity index (χ0) is 23.0. The second-order valence-electron chi connectivity index (χ2n) is 9.29. The quantitative estimate of drug-likeness (QED) is 0.538. The SMILES string of the molecule is Cc1ccc(S(=O)(=O)NC(CC(C)C)C(=O)NCC(CC(C)C)N2CCOCC2)cc1. The van der Waals surface area contributed by atoms with Crippen LogP contribution >= 0.6 is 0 Å². The van der Waals surface area contributed by atoms with Crippen LogP contribution in [0.4, 0.5) is 0 Å². The number of morpholine rings is 1. The zero-order valence-corrected chi connectivity index (χ0v) is 20.4. The highest BCUT2D eigenvalue weighted by atomic mass is 32.2. The molecule has 1 aromatic rings. The van der Waals surface area contributed by atoms with E-state index in [2.05, 4.69) is 28.8 Å². The lowest BCUT2D eigenvalue weighted by Crippen LogP contribution is -2.53. The largest absolute Gasteiger partial charge is 0.379 e. The maximum atomic E-state index is 13.0. The number of nitrogens with one attached hydrogen (secondary N) is 2. The van der Waals surface area contributed by atoms with E-state index in [0.29, 0.717) is 32.1 Å². The van der Waals surface area contributed by atoms with E-state index >= 15 is 0 Å². The Bertz CT molecular complexity index is 788. The highest BCUT2D eigenvalue weighted by Gasteiger charge is 2.28. The van der Waals surface area contributed by atoms with Gasteiger partial charge in [0.15, 0.2) is 0 Å². The van der Waals surface area contributed by atoms with Crippen molar-refractivity contribution in [3.05, 3.63) is 29.8 Å². The van der Waals surface area contributed by atoms with Gasteiger partial charge in [-0.1, -0.05) is 45.4 Å². The van der Waals surface area contributed by atoms with Gasteiger partial charge in [-0.3, -0.25) is 9.69 Å². The van der Waals surface area contributed by atoms with Crippen molar-refractivity contribution < 1.29 is 17.9 Å². The van der Waals surface area contributed by atoms with Gasteiger partial charge >= 0.3 is 0 Å². The Hall–Kier alpha value is -1.48. The molecule has 0 aromatic heterocycles. The average molecular weight is 454 g/mol. The molecule has 0 spiro atoms. The number of ether oxygens (including phenoxy) is 1. The summed E-state index contributed by atoms with van der Waals surface area (Å²) in [6, 6.07) is 6.05. The molecule has 0 radical (unpaired) electrons. The van der Waals surface area contributed by atoms with Gasteiger partial charge in [-0.2, -0.15) is 4.72 Å². The third kappa shape index (κ3) is 8.52. The zero-order valence-electron chi connectivity index (χ0n) is 19.6. The van der Waals surface area contributed by atoms with E-state index in [0.717, 1.165) is 25.1 Å². The summed E-state index contributed by atoms with van der Waals surface area (Å²) in [5, 5.41) is 3.03. The van der Waals surface area contributed by atoms with Crippen molar-refractivity contribution in [2.45, 2.75) is 64.4 Å². The molecule has 1 saturated heterocycles. The smallest absolute Gasteiger partial charge is 0.241 e. The lowest BCUT2D eigenvalue weighted by atomic mass is 10.0. The number of carbonyl (C=O) groups excluding carboxylic acids is 1. The minimum Gasteiger partial charge on any atom is -0.379 e. The Kier molecular flexibility index (Phi) is 9.93. The maximum Gasteiger partial charge on any atom is 0.241 e. The summed E-state index contributed by atoms with van der Waals surface area (Å²) >= 11 is 0. The molecule has 31 heavy (non-hydrogen) atoms. The van der Waals surface area contributed by atoms with E-state index in [1.54, 1.807) is 24.3 Å². The molecule has 1 fully saturated rings. The highest BCUT2D eigenvalue weighted by molar-refractivity contribution is 7.89. The van der Waals surface area contributed by atoms with Crippen molar-refractivity contribution in [3.8, 4) is 0 Å². The number of hydrogen-bond donors (Lipinski definition) is 2. The molecule has 2 N–H and O–H groups in total. The first-order valence-electron chi connectivity index (χ1n) is 11.3. The van der Waals surface area contributed by atoms with E-state index in [9.17, 15) is 13.2 Å². The predicted octanol–water partition coefficient (Wildman–Crippen LogP) is 2.55. The number of carbonyl (C=O) groups is 1. The van der Waals surface area contributed by atoms with Gasteiger partial charge in [-0.15, -0.1) is 0 Å². The van der Waals surface area contributed by atoms with Gasteiger partial charge in [-0.05, 0) is 43.7 Å². The molecule has 0 bridgehead atoms. The van der Waals surface area contributed by atoms with E-state index < -0.39 is 16.1 Å². The van der Waals surface area contributed by atoms with E-state index in [1.807, 2.05) is 20.8 Å². The number of nitrogens with zero attached hydrogens (tertiary/aromatic N) is 1. The minimum atomic E-state index is -3.78. The summed E-state index contributed by atoms with van der Waals surface area (Å²) in [5.41, 5.74) is 0.981. The fraction of sp³-hybridized carbons (Fsp3) is 0.696. The van der Waals surface area contributed by atoms with Crippen molar-refractivity contribution in [2.75, 3.05) is 32.8 Å². The summed E-state index contributed by atoms with van der Waals surface area (Å²) in [5.74, 6) is 0.393. The summed E-state index contributed by atoms with van der Waals surface area (Å²) < 4.78 is 33.8. The Morgan fingerprint density at radius 2 is 1.61 bits per heavy atom. The first-order valence-corrected chi connectivity index (χ1v) is 12.7. The van der Waals surface area contributed by atoms with Crippen LogP contribution in [0.2, 0.25) is 0 Å². The van der Waals surface area contributed by atoms with Crippen LogP contribution in [0.15, 0.2) is 29.2 Å². The molecule has 2 rings (SSSR count). The topological polar surface area (TPSA) is 87.7 Å². The Morgan fingerprint density at radius 1 is 1.03 bits per heavy atom.